The lowest BCUT2D eigenvalue weighted by Crippen LogP contribution is -2.33. The van der Waals surface area contributed by atoms with E-state index in [2.05, 4.69) is 21.8 Å². The van der Waals surface area contributed by atoms with Crippen LogP contribution in [-0.4, -0.2) is 23.1 Å². The summed E-state index contributed by atoms with van der Waals surface area (Å²) < 4.78 is 0. The van der Waals surface area contributed by atoms with Crippen LogP contribution < -0.4 is 10.6 Å². The van der Waals surface area contributed by atoms with Gasteiger partial charge in [-0.15, -0.1) is 0 Å². The summed E-state index contributed by atoms with van der Waals surface area (Å²) in [6.45, 7) is 4.92. The van der Waals surface area contributed by atoms with Gasteiger partial charge in [-0.3, -0.25) is 0 Å². The molecule has 1 fully saturated rings. The molecule has 0 radical (unpaired) electrons. The molecular weight excluding hydrogens is 188 g/mol. The molecule has 1 aliphatic heterocycles. The lowest BCUT2D eigenvalue weighted by molar-refractivity contribution is 0.436. The third-order valence-electron chi connectivity index (χ3n) is 2.98. The van der Waals surface area contributed by atoms with Crippen molar-refractivity contribution in [1.82, 2.24) is 9.97 Å². The number of anilines is 1. The summed E-state index contributed by atoms with van der Waals surface area (Å²) in [5, 5.41) is 0. The van der Waals surface area contributed by atoms with Gasteiger partial charge in [-0.1, -0.05) is 6.92 Å². The molecule has 0 unspecified atom stereocenters. The van der Waals surface area contributed by atoms with Gasteiger partial charge in [0.05, 0.1) is 6.54 Å². The summed E-state index contributed by atoms with van der Waals surface area (Å²) in [6.07, 6.45) is 4.30. The fourth-order valence-electron chi connectivity index (χ4n) is 1.90. The molecule has 4 heteroatoms. The number of rotatable bonds is 2. The Morgan fingerprint density at radius 3 is 2.87 bits per heavy atom. The van der Waals surface area contributed by atoms with E-state index < -0.39 is 0 Å². The highest BCUT2D eigenvalue weighted by Gasteiger charge is 2.16. The van der Waals surface area contributed by atoms with Gasteiger partial charge in [-0.05, 0) is 24.8 Å². The molecule has 1 aromatic heterocycles. The maximum Gasteiger partial charge on any atom is 0.144 e. The topological polar surface area (TPSA) is 55.0 Å². The van der Waals surface area contributed by atoms with Crippen LogP contribution in [0.2, 0.25) is 0 Å². The highest BCUT2D eigenvalue weighted by Crippen LogP contribution is 2.20. The zero-order chi connectivity index (χ0) is 10.7. The predicted molar refractivity (Wildman–Crippen MR) is 60.5 cm³/mol. The Bertz CT molecular complexity index is 318. The molecule has 4 nitrogen and oxygen atoms in total. The largest absolute Gasteiger partial charge is 0.356 e. The first kappa shape index (κ1) is 10.4. The molecule has 1 aliphatic rings. The summed E-state index contributed by atoms with van der Waals surface area (Å²) in [7, 11) is 0. The van der Waals surface area contributed by atoms with Crippen molar-refractivity contribution in [2.45, 2.75) is 26.3 Å². The molecule has 0 saturated carbocycles. The van der Waals surface area contributed by atoms with Gasteiger partial charge in [0.15, 0.2) is 0 Å². The highest BCUT2D eigenvalue weighted by atomic mass is 15.2. The number of hydrogen-bond acceptors (Lipinski definition) is 4. The number of piperidine rings is 1. The summed E-state index contributed by atoms with van der Waals surface area (Å²) in [4.78, 5) is 10.9. The van der Waals surface area contributed by atoms with Crippen LogP contribution in [0.15, 0.2) is 12.3 Å². The summed E-state index contributed by atoms with van der Waals surface area (Å²) >= 11 is 0. The molecule has 1 aromatic rings. The summed E-state index contributed by atoms with van der Waals surface area (Å²) in [5.41, 5.74) is 5.53. The molecule has 0 bridgehead atoms. The second-order valence-electron chi connectivity index (χ2n) is 4.20. The molecule has 82 valence electrons. The number of hydrogen-bond donors (Lipinski definition) is 1. The van der Waals surface area contributed by atoms with E-state index in [9.17, 15) is 0 Å². The fourth-order valence-corrected chi connectivity index (χ4v) is 1.90. The maximum absolute atomic E-state index is 5.53. The first-order valence-corrected chi connectivity index (χ1v) is 5.56. The van der Waals surface area contributed by atoms with Crippen molar-refractivity contribution in [2.24, 2.45) is 11.7 Å². The Hall–Kier alpha value is -1.16. The van der Waals surface area contributed by atoms with Crippen LogP contribution in [0.25, 0.3) is 0 Å². The van der Waals surface area contributed by atoms with E-state index in [0.29, 0.717) is 6.54 Å². The number of nitrogens with zero attached hydrogens (tertiary/aromatic N) is 3. The van der Waals surface area contributed by atoms with Gasteiger partial charge in [-0.2, -0.15) is 0 Å². The quantitative estimate of drug-likeness (QED) is 0.789. The fraction of sp³-hybridized carbons (Fsp3) is 0.636. The average Bonchev–Trinajstić information content (AvgIpc) is 2.30. The first-order valence-electron chi connectivity index (χ1n) is 5.56. The molecule has 2 heterocycles. The molecule has 15 heavy (non-hydrogen) atoms. The van der Waals surface area contributed by atoms with E-state index in [4.69, 9.17) is 5.73 Å². The van der Waals surface area contributed by atoms with Gasteiger partial charge in [0.1, 0.15) is 11.6 Å². The van der Waals surface area contributed by atoms with Crippen molar-refractivity contribution in [1.29, 1.82) is 0 Å². The van der Waals surface area contributed by atoms with Crippen molar-refractivity contribution < 1.29 is 0 Å². The standard InChI is InChI=1S/C11H18N4/c1-9-3-6-15(7-4-9)11-2-5-13-10(8-12)14-11/h2,5,9H,3-4,6-8,12H2,1H3. The molecule has 2 rings (SSSR count). The van der Waals surface area contributed by atoms with Crippen molar-refractivity contribution >= 4 is 5.82 Å². The van der Waals surface area contributed by atoms with Gasteiger partial charge in [-0.25, -0.2) is 9.97 Å². The molecule has 0 aliphatic carbocycles. The van der Waals surface area contributed by atoms with Crippen LogP contribution >= 0.6 is 0 Å². The van der Waals surface area contributed by atoms with Crippen LogP contribution in [0.5, 0.6) is 0 Å². The lowest BCUT2D eigenvalue weighted by atomic mass is 9.99. The van der Waals surface area contributed by atoms with Crippen molar-refractivity contribution in [3.8, 4) is 0 Å². The van der Waals surface area contributed by atoms with Crippen LogP contribution in [0.3, 0.4) is 0 Å². The van der Waals surface area contributed by atoms with E-state index in [0.717, 1.165) is 30.6 Å². The molecule has 1 saturated heterocycles. The van der Waals surface area contributed by atoms with Crippen molar-refractivity contribution in [3.63, 3.8) is 0 Å². The van der Waals surface area contributed by atoms with E-state index in [1.165, 1.54) is 12.8 Å². The molecule has 0 amide bonds. The number of aromatic nitrogens is 2. The van der Waals surface area contributed by atoms with Gasteiger partial charge in [0, 0.05) is 19.3 Å². The zero-order valence-corrected chi connectivity index (χ0v) is 9.19. The average molecular weight is 206 g/mol. The van der Waals surface area contributed by atoms with Crippen LogP contribution in [0.1, 0.15) is 25.6 Å². The second-order valence-corrected chi connectivity index (χ2v) is 4.20. The Morgan fingerprint density at radius 1 is 1.47 bits per heavy atom. The maximum atomic E-state index is 5.53. The molecule has 0 aromatic carbocycles. The van der Waals surface area contributed by atoms with Crippen molar-refractivity contribution in [3.05, 3.63) is 18.1 Å². The molecular formula is C11H18N4. The Labute approximate surface area is 90.5 Å². The minimum atomic E-state index is 0.415. The zero-order valence-electron chi connectivity index (χ0n) is 9.19. The van der Waals surface area contributed by atoms with Gasteiger partial charge < -0.3 is 10.6 Å². The van der Waals surface area contributed by atoms with Crippen LogP contribution in [0, 0.1) is 5.92 Å². The summed E-state index contributed by atoms with van der Waals surface area (Å²) in [6, 6.07) is 1.97. The Balaban J connectivity index is 2.08. The third-order valence-corrected chi connectivity index (χ3v) is 2.98. The lowest BCUT2D eigenvalue weighted by Gasteiger charge is -2.31. The Kier molecular flexibility index (Phi) is 3.16. The van der Waals surface area contributed by atoms with E-state index in [-0.39, 0.29) is 0 Å². The van der Waals surface area contributed by atoms with Gasteiger partial charge >= 0.3 is 0 Å². The second kappa shape index (κ2) is 4.57. The Morgan fingerprint density at radius 2 is 2.20 bits per heavy atom. The third kappa shape index (κ3) is 2.45. The number of nitrogens with two attached hydrogens (primary N) is 1. The van der Waals surface area contributed by atoms with E-state index in [1.807, 2.05) is 6.07 Å². The van der Waals surface area contributed by atoms with Crippen LogP contribution in [-0.2, 0) is 6.54 Å². The van der Waals surface area contributed by atoms with Gasteiger partial charge in [0.25, 0.3) is 0 Å². The minimum absolute atomic E-state index is 0.415. The normalized spacial score (nSPS) is 18.1. The van der Waals surface area contributed by atoms with Crippen molar-refractivity contribution in [2.75, 3.05) is 18.0 Å². The van der Waals surface area contributed by atoms with E-state index >= 15 is 0 Å². The molecule has 0 spiro atoms. The molecule has 0 atom stereocenters. The monoisotopic (exact) mass is 206 g/mol. The SMILES string of the molecule is CC1CCN(c2ccnc(CN)n2)CC1. The first-order chi connectivity index (χ1) is 7.29. The van der Waals surface area contributed by atoms with E-state index in [1.54, 1.807) is 6.20 Å². The predicted octanol–water partition coefficient (Wildman–Crippen LogP) is 1.17. The smallest absolute Gasteiger partial charge is 0.144 e. The van der Waals surface area contributed by atoms with Crippen LogP contribution in [0.4, 0.5) is 5.82 Å². The summed E-state index contributed by atoms with van der Waals surface area (Å²) in [5.74, 6) is 2.60. The highest BCUT2D eigenvalue weighted by molar-refractivity contribution is 5.37. The van der Waals surface area contributed by atoms with Gasteiger partial charge in [0.2, 0.25) is 0 Å². The minimum Gasteiger partial charge on any atom is -0.356 e. The molecule has 2 N–H and O–H groups in total.